The van der Waals surface area contributed by atoms with Crippen LogP contribution < -0.4 is 14.2 Å². The molecule has 1 atom stereocenters. The molecule has 29 heavy (non-hydrogen) atoms. The van der Waals surface area contributed by atoms with Gasteiger partial charge < -0.3 is 9.47 Å². The van der Waals surface area contributed by atoms with E-state index in [-0.39, 0.29) is 17.4 Å². The fourth-order valence-corrected chi connectivity index (χ4v) is 4.22. The highest BCUT2D eigenvalue weighted by Gasteiger charge is 2.21. The van der Waals surface area contributed by atoms with Crippen molar-refractivity contribution in [2.24, 2.45) is 0 Å². The van der Waals surface area contributed by atoms with E-state index in [9.17, 15) is 8.42 Å². The minimum absolute atomic E-state index is 0.184. The average molecular weight is 412 g/mol. The lowest BCUT2D eigenvalue weighted by molar-refractivity contribution is 0.354. The van der Waals surface area contributed by atoms with Crippen LogP contribution in [0.15, 0.2) is 77.7 Å². The molecule has 3 aromatic carbocycles. The van der Waals surface area contributed by atoms with E-state index in [4.69, 9.17) is 9.47 Å². The van der Waals surface area contributed by atoms with Gasteiger partial charge in [-0.15, -0.1) is 0 Å². The maximum atomic E-state index is 12.8. The Labute approximate surface area is 172 Å². The summed E-state index contributed by atoms with van der Waals surface area (Å²) in [5.41, 5.74) is 2.95. The van der Waals surface area contributed by atoms with Crippen molar-refractivity contribution in [3.63, 3.8) is 0 Å². The summed E-state index contributed by atoms with van der Waals surface area (Å²) >= 11 is 0. The van der Waals surface area contributed by atoms with E-state index in [1.165, 1.54) is 0 Å². The zero-order valence-corrected chi connectivity index (χ0v) is 17.6. The Morgan fingerprint density at radius 3 is 2.10 bits per heavy atom. The monoisotopic (exact) mass is 411 g/mol. The maximum Gasteiger partial charge on any atom is 0.240 e. The molecule has 1 unspecified atom stereocenters. The van der Waals surface area contributed by atoms with E-state index in [0.717, 1.165) is 16.7 Å². The molecule has 0 aliphatic rings. The van der Waals surface area contributed by atoms with Gasteiger partial charge in [0.05, 0.1) is 19.1 Å². The van der Waals surface area contributed by atoms with Crippen molar-refractivity contribution in [2.45, 2.75) is 17.7 Å². The minimum atomic E-state index is -3.62. The molecule has 0 amide bonds. The zero-order valence-electron chi connectivity index (χ0n) is 16.8. The first-order valence-electron chi connectivity index (χ1n) is 9.28. The smallest absolute Gasteiger partial charge is 0.240 e. The zero-order chi connectivity index (χ0) is 20.9. The Morgan fingerprint density at radius 1 is 0.828 bits per heavy atom. The molecular weight excluding hydrogens is 386 g/mol. The highest BCUT2D eigenvalue weighted by molar-refractivity contribution is 7.89. The summed E-state index contributed by atoms with van der Waals surface area (Å²) in [4.78, 5) is 0.252. The summed E-state index contributed by atoms with van der Waals surface area (Å²) in [5, 5.41) is 0. The largest absolute Gasteiger partial charge is 0.493 e. The number of aryl methyl sites for hydroxylation is 1. The first-order chi connectivity index (χ1) is 13.9. The SMILES string of the molecule is COc1ccc(C(CNS(=O)(=O)c2ccc(C)cc2)c2ccccc2)cc1OC. The predicted molar refractivity (Wildman–Crippen MR) is 114 cm³/mol. The van der Waals surface area contributed by atoms with Crippen molar-refractivity contribution >= 4 is 10.0 Å². The van der Waals surface area contributed by atoms with Gasteiger partial charge in [0, 0.05) is 12.5 Å². The maximum absolute atomic E-state index is 12.8. The number of hydrogen-bond donors (Lipinski definition) is 1. The van der Waals surface area contributed by atoms with Crippen LogP contribution in [0.5, 0.6) is 11.5 Å². The van der Waals surface area contributed by atoms with Gasteiger partial charge in [-0.25, -0.2) is 13.1 Å². The summed E-state index contributed by atoms with van der Waals surface area (Å²) in [6, 6.07) is 22.3. The summed E-state index contributed by atoms with van der Waals surface area (Å²) in [6.45, 7) is 2.14. The number of hydrogen-bond acceptors (Lipinski definition) is 4. The molecule has 0 fully saturated rings. The molecule has 1 N–H and O–H groups in total. The predicted octanol–water partition coefficient (Wildman–Crippen LogP) is 4.12. The first-order valence-corrected chi connectivity index (χ1v) is 10.8. The van der Waals surface area contributed by atoms with Gasteiger partial charge >= 0.3 is 0 Å². The van der Waals surface area contributed by atoms with Gasteiger partial charge in [-0.3, -0.25) is 0 Å². The number of ether oxygens (including phenoxy) is 2. The van der Waals surface area contributed by atoms with E-state index in [0.29, 0.717) is 11.5 Å². The van der Waals surface area contributed by atoms with Crippen molar-refractivity contribution in [3.05, 3.63) is 89.5 Å². The van der Waals surface area contributed by atoms with E-state index >= 15 is 0 Å². The van der Waals surface area contributed by atoms with Crippen LogP contribution in [0.25, 0.3) is 0 Å². The molecule has 0 aromatic heterocycles. The first kappa shape index (κ1) is 20.9. The van der Waals surface area contributed by atoms with Gasteiger partial charge in [0.1, 0.15) is 0 Å². The van der Waals surface area contributed by atoms with E-state index in [1.54, 1.807) is 38.5 Å². The Morgan fingerprint density at radius 2 is 1.48 bits per heavy atom. The molecule has 0 bridgehead atoms. The highest BCUT2D eigenvalue weighted by Crippen LogP contribution is 2.33. The number of nitrogens with one attached hydrogen (secondary N) is 1. The summed E-state index contributed by atoms with van der Waals surface area (Å²) < 4.78 is 39.1. The second-order valence-electron chi connectivity index (χ2n) is 6.74. The molecule has 0 spiro atoms. The second kappa shape index (κ2) is 9.11. The van der Waals surface area contributed by atoms with Crippen LogP contribution in [0.1, 0.15) is 22.6 Å². The quantitative estimate of drug-likeness (QED) is 0.606. The average Bonchev–Trinajstić information content (AvgIpc) is 2.74. The molecule has 3 rings (SSSR count). The number of benzene rings is 3. The Balaban J connectivity index is 1.92. The van der Waals surface area contributed by atoms with Crippen LogP contribution in [0.2, 0.25) is 0 Å². The number of rotatable bonds is 8. The molecular formula is C23H25NO4S. The Bertz CT molecular complexity index is 1050. The lowest BCUT2D eigenvalue weighted by Crippen LogP contribution is -2.29. The summed E-state index contributed by atoms with van der Waals surface area (Å²) in [6.07, 6.45) is 0. The molecule has 5 nitrogen and oxygen atoms in total. The van der Waals surface area contributed by atoms with Gasteiger partial charge in [0.15, 0.2) is 11.5 Å². The molecule has 3 aromatic rings. The van der Waals surface area contributed by atoms with Crippen LogP contribution in [0.3, 0.4) is 0 Å². The number of methoxy groups -OCH3 is 2. The molecule has 0 aliphatic heterocycles. The van der Waals surface area contributed by atoms with E-state index in [2.05, 4.69) is 4.72 Å². The third kappa shape index (κ3) is 4.96. The molecule has 0 saturated heterocycles. The molecule has 6 heteroatoms. The molecule has 0 aliphatic carbocycles. The van der Waals surface area contributed by atoms with Gasteiger partial charge in [0.2, 0.25) is 10.0 Å². The molecule has 0 radical (unpaired) electrons. The van der Waals surface area contributed by atoms with Crippen LogP contribution in [0, 0.1) is 6.92 Å². The standard InChI is InChI=1S/C23H25NO4S/c1-17-9-12-20(13-10-17)29(25,26)24-16-21(18-7-5-4-6-8-18)19-11-14-22(27-2)23(15-19)28-3/h4-15,21,24H,16H2,1-3H3. The van der Waals surface area contributed by atoms with Crippen LogP contribution >= 0.6 is 0 Å². The minimum Gasteiger partial charge on any atom is -0.493 e. The van der Waals surface area contributed by atoms with Crippen LogP contribution in [-0.2, 0) is 10.0 Å². The fourth-order valence-electron chi connectivity index (χ4n) is 3.18. The normalized spacial score (nSPS) is 12.4. The Hall–Kier alpha value is -2.83. The third-order valence-corrected chi connectivity index (χ3v) is 6.26. The third-order valence-electron chi connectivity index (χ3n) is 4.82. The molecule has 0 heterocycles. The molecule has 0 saturated carbocycles. The lowest BCUT2D eigenvalue weighted by Gasteiger charge is -2.20. The van der Waals surface area contributed by atoms with E-state index in [1.807, 2.05) is 55.5 Å². The second-order valence-corrected chi connectivity index (χ2v) is 8.51. The van der Waals surface area contributed by atoms with Gasteiger partial charge in [0.25, 0.3) is 0 Å². The topological polar surface area (TPSA) is 64.6 Å². The van der Waals surface area contributed by atoms with Crippen LogP contribution in [-0.4, -0.2) is 29.2 Å². The van der Waals surface area contributed by atoms with Crippen molar-refractivity contribution in [3.8, 4) is 11.5 Å². The van der Waals surface area contributed by atoms with Crippen LogP contribution in [0.4, 0.5) is 0 Å². The van der Waals surface area contributed by atoms with E-state index < -0.39 is 10.0 Å². The lowest BCUT2D eigenvalue weighted by atomic mass is 9.91. The van der Waals surface area contributed by atoms with Crippen molar-refractivity contribution in [1.82, 2.24) is 4.72 Å². The van der Waals surface area contributed by atoms with Crippen molar-refractivity contribution in [1.29, 1.82) is 0 Å². The van der Waals surface area contributed by atoms with Gasteiger partial charge in [-0.2, -0.15) is 0 Å². The Kier molecular flexibility index (Phi) is 6.56. The summed E-state index contributed by atoms with van der Waals surface area (Å²) in [5.74, 6) is 1.05. The molecule has 152 valence electrons. The van der Waals surface area contributed by atoms with Crippen molar-refractivity contribution < 1.29 is 17.9 Å². The van der Waals surface area contributed by atoms with Crippen molar-refractivity contribution in [2.75, 3.05) is 20.8 Å². The highest BCUT2D eigenvalue weighted by atomic mass is 32.2. The van der Waals surface area contributed by atoms with Gasteiger partial charge in [-0.05, 0) is 42.3 Å². The summed E-state index contributed by atoms with van der Waals surface area (Å²) in [7, 11) is -0.455. The van der Waals surface area contributed by atoms with Gasteiger partial charge in [-0.1, -0.05) is 54.1 Å². The fraction of sp³-hybridized carbons (Fsp3) is 0.217. The number of sulfonamides is 1.